The van der Waals surface area contributed by atoms with Crippen LogP contribution in [0.2, 0.25) is 0 Å². The quantitative estimate of drug-likeness (QED) is 0.748. The maximum Gasteiger partial charge on any atom is 0.416 e. The number of rotatable bonds is 0. The molecule has 1 N–H and O–H groups in total. The van der Waals surface area contributed by atoms with E-state index in [1.165, 1.54) is 6.07 Å². The Morgan fingerprint density at radius 1 is 1.11 bits per heavy atom. The van der Waals surface area contributed by atoms with Crippen molar-refractivity contribution in [1.82, 2.24) is 5.32 Å². The average molecular weight is 257 g/mol. The fraction of sp³-hybridized carbons (Fsp3) is 0.571. The zero-order valence-electron chi connectivity index (χ0n) is 10.9. The van der Waals surface area contributed by atoms with Crippen LogP contribution in [-0.2, 0) is 24.6 Å². The van der Waals surface area contributed by atoms with Gasteiger partial charge in [0.1, 0.15) is 0 Å². The largest absolute Gasteiger partial charge is 0.416 e. The van der Waals surface area contributed by atoms with Crippen molar-refractivity contribution in [1.29, 1.82) is 0 Å². The van der Waals surface area contributed by atoms with Gasteiger partial charge in [0.2, 0.25) is 0 Å². The van der Waals surface area contributed by atoms with Crippen molar-refractivity contribution in [3.63, 3.8) is 0 Å². The lowest BCUT2D eigenvalue weighted by Crippen LogP contribution is -2.28. The summed E-state index contributed by atoms with van der Waals surface area (Å²) in [6.45, 7) is 6.88. The predicted molar refractivity (Wildman–Crippen MR) is 65.6 cm³/mol. The molecule has 0 radical (unpaired) electrons. The molecular formula is C14H18F3N. The highest BCUT2D eigenvalue weighted by Gasteiger charge is 2.36. The molecule has 0 aromatic heterocycles. The molecule has 0 bridgehead atoms. The molecule has 0 spiro atoms. The molecule has 0 amide bonds. The fourth-order valence-electron chi connectivity index (χ4n) is 2.29. The first-order chi connectivity index (χ1) is 8.19. The number of hydrogen-bond acceptors (Lipinski definition) is 1. The van der Waals surface area contributed by atoms with Crippen LogP contribution in [0.5, 0.6) is 0 Å². The van der Waals surface area contributed by atoms with Crippen LogP contribution in [0.25, 0.3) is 0 Å². The van der Waals surface area contributed by atoms with E-state index in [4.69, 9.17) is 0 Å². The third-order valence-electron chi connectivity index (χ3n) is 3.39. The Morgan fingerprint density at radius 3 is 2.33 bits per heavy atom. The number of nitrogens with one attached hydrogen (secondary N) is 1. The van der Waals surface area contributed by atoms with Crippen molar-refractivity contribution in [2.75, 3.05) is 6.54 Å². The van der Waals surface area contributed by atoms with E-state index in [1.54, 1.807) is 0 Å². The first-order valence-corrected chi connectivity index (χ1v) is 6.14. The van der Waals surface area contributed by atoms with Crippen molar-refractivity contribution >= 4 is 0 Å². The molecule has 0 saturated heterocycles. The third-order valence-corrected chi connectivity index (χ3v) is 3.39. The highest BCUT2D eigenvalue weighted by Crippen LogP contribution is 2.37. The van der Waals surface area contributed by atoms with Crippen molar-refractivity contribution in [3.8, 4) is 0 Å². The van der Waals surface area contributed by atoms with Gasteiger partial charge in [0.05, 0.1) is 5.56 Å². The Bertz CT molecular complexity index is 455. The maximum absolute atomic E-state index is 13.1. The summed E-state index contributed by atoms with van der Waals surface area (Å²) in [5, 5.41) is 3.01. The van der Waals surface area contributed by atoms with Crippen LogP contribution in [0.4, 0.5) is 13.2 Å². The molecule has 0 unspecified atom stereocenters. The van der Waals surface area contributed by atoms with Crippen LogP contribution >= 0.6 is 0 Å². The molecule has 1 heterocycles. The SMILES string of the molecule is CC(C)(C)c1cc2c(c(C(F)(F)F)c1)CNCC2. The van der Waals surface area contributed by atoms with Gasteiger partial charge in [0.25, 0.3) is 0 Å². The van der Waals surface area contributed by atoms with Crippen LogP contribution in [-0.4, -0.2) is 6.54 Å². The second-order valence-electron chi connectivity index (χ2n) is 5.84. The Balaban J connectivity index is 2.63. The van der Waals surface area contributed by atoms with Gasteiger partial charge in [-0.3, -0.25) is 0 Å². The molecule has 1 aliphatic rings. The van der Waals surface area contributed by atoms with Crippen molar-refractivity contribution in [2.24, 2.45) is 0 Å². The molecule has 1 aliphatic heterocycles. The van der Waals surface area contributed by atoms with E-state index in [9.17, 15) is 13.2 Å². The van der Waals surface area contributed by atoms with Crippen LogP contribution in [0.3, 0.4) is 0 Å². The zero-order chi connectivity index (χ0) is 13.6. The Hall–Kier alpha value is -1.03. The topological polar surface area (TPSA) is 12.0 Å². The second kappa shape index (κ2) is 4.26. The molecular weight excluding hydrogens is 239 g/mol. The average Bonchev–Trinajstić information content (AvgIpc) is 2.25. The summed E-state index contributed by atoms with van der Waals surface area (Å²) in [4.78, 5) is 0. The van der Waals surface area contributed by atoms with E-state index in [0.717, 1.165) is 17.7 Å². The lowest BCUT2D eigenvalue weighted by Gasteiger charge is -2.27. The Labute approximate surface area is 105 Å². The lowest BCUT2D eigenvalue weighted by molar-refractivity contribution is -0.138. The second-order valence-corrected chi connectivity index (χ2v) is 5.84. The summed E-state index contributed by atoms with van der Waals surface area (Å²) in [7, 11) is 0. The number of alkyl halides is 3. The standard InChI is InChI=1S/C14H18F3N/c1-13(2,3)10-6-9-4-5-18-8-11(9)12(7-10)14(15,16)17/h6-7,18H,4-5,8H2,1-3H3. The third kappa shape index (κ3) is 2.53. The summed E-state index contributed by atoms with van der Waals surface area (Å²) in [6, 6.07) is 3.25. The van der Waals surface area contributed by atoms with Crippen molar-refractivity contribution in [2.45, 2.75) is 45.3 Å². The first-order valence-electron chi connectivity index (χ1n) is 6.14. The van der Waals surface area contributed by atoms with Gasteiger partial charge in [0, 0.05) is 6.54 Å². The molecule has 1 nitrogen and oxygen atoms in total. The van der Waals surface area contributed by atoms with Crippen LogP contribution in [0, 0.1) is 0 Å². The molecule has 18 heavy (non-hydrogen) atoms. The molecule has 0 aliphatic carbocycles. The summed E-state index contributed by atoms with van der Waals surface area (Å²) < 4.78 is 39.3. The van der Waals surface area contributed by atoms with Crippen LogP contribution < -0.4 is 5.32 Å². The molecule has 1 aromatic rings. The number of fused-ring (bicyclic) bond motifs is 1. The molecule has 1 aromatic carbocycles. The van der Waals surface area contributed by atoms with Gasteiger partial charge in [-0.05, 0) is 41.1 Å². The zero-order valence-corrected chi connectivity index (χ0v) is 10.9. The van der Waals surface area contributed by atoms with E-state index in [0.29, 0.717) is 18.5 Å². The molecule has 0 atom stereocenters. The predicted octanol–water partition coefficient (Wildman–Crippen LogP) is 3.65. The summed E-state index contributed by atoms with van der Waals surface area (Å²) >= 11 is 0. The van der Waals surface area contributed by atoms with E-state index in [1.807, 2.05) is 26.8 Å². The lowest BCUT2D eigenvalue weighted by atomic mass is 9.82. The van der Waals surface area contributed by atoms with E-state index >= 15 is 0 Å². The molecule has 0 fully saturated rings. The van der Waals surface area contributed by atoms with Gasteiger partial charge in [-0.15, -0.1) is 0 Å². The molecule has 0 saturated carbocycles. The number of halogens is 3. The molecule has 4 heteroatoms. The maximum atomic E-state index is 13.1. The number of hydrogen-bond donors (Lipinski definition) is 1. The minimum absolute atomic E-state index is 0.264. The van der Waals surface area contributed by atoms with Gasteiger partial charge in [-0.25, -0.2) is 0 Å². The summed E-state index contributed by atoms with van der Waals surface area (Å²) in [6.07, 6.45) is -3.60. The van der Waals surface area contributed by atoms with Crippen LogP contribution in [0.15, 0.2) is 12.1 Å². The van der Waals surface area contributed by atoms with E-state index < -0.39 is 11.7 Å². The van der Waals surface area contributed by atoms with Crippen LogP contribution in [0.1, 0.15) is 43.0 Å². The van der Waals surface area contributed by atoms with E-state index in [-0.39, 0.29) is 5.41 Å². The highest BCUT2D eigenvalue weighted by molar-refractivity contribution is 5.44. The normalized spacial score (nSPS) is 16.6. The van der Waals surface area contributed by atoms with Gasteiger partial charge in [-0.1, -0.05) is 26.8 Å². The monoisotopic (exact) mass is 257 g/mol. The smallest absolute Gasteiger partial charge is 0.312 e. The first kappa shape index (κ1) is 13.4. The van der Waals surface area contributed by atoms with Gasteiger partial charge in [0.15, 0.2) is 0 Å². The van der Waals surface area contributed by atoms with Gasteiger partial charge < -0.3 is 5.32 Å². The minimum atomic E-state index is -4.27. The van der Waals surface area contributed by atoms with E-state index in [2.05, 4.69) is 5.32 Å². The van der Waals surface area contributed by atoms with Gasteiger partial charge in [-0.2, -0.15) is 13.2 Å². The number of benzene rings is 1. The summed E-state index contributed by atoms with van der Waals surface area (Å²) in [5.41, 5.74) is 1.28. The fourth-order valence-corrected chi connectivity index (χ4v) is 2.29. The minimum Gasteiger partial charge on any atom is -0.312 e. The Morgan fingerprint density at radius 2 is 1.78 bits per heavy atom. The van der Waals surface area contributed by atoms with Crippen molar-refractivity contribution < 1.29 is 13.2 Å². The molecule has 2 rings (SSSR count). The van der Waals surface area contributed by atoms with Gasteiger partial charge >= 0.3 is 6.18 Å². The highest BCUT2D eigenvalue weighted by atomic mass is 19.4. The summed E-state index contributed by atoms with van der Waals surface area (Å²) in [5.74, 6) is 0. The Kier molecular flexibility index (Phi) is 3.18. The van der Waals surface area contributed by atoms with Crippen molar-refractivity contribution in [3.05, 3.63) is 34.4 Å². The molecule has 100 valence electrons.